The molecular formula is C10H14OSe. The summed E-state index contributed by atoms with van der Waals surface area (Å²) in [6.45, 7) is 0. The van der Waals surface area contributed by atoms with Crippen LogP contribution in [0.1, 0.15) is 10.4 Å². The molecule has 66 valence electrons. The summed E-state index contributed by atoms with van der Waals surface area (Å²) in [5.41, 5.74) is 0.866. The first-order valence-electron chi connectivity index (χ1n) is 3.79. The number of carbonyl (C=O) groups excluding carboxylic acids is 1. The minimum atomic E-state index is -1.81. The zero-order valence-corrected chi connectivity index (χ0v) is 9.42. The molecule has 12 heavy (non-hydrogen) atoms. The second-order valence-corrected chi connectivity index (χ2v) is 12.0. The van der Waals surface area contributed by atoms with Crippen molar-refractivity contribution in [3.05, 3.63) is 35.9 Å². The van der Waals surface area contributed by atoms with Crippen LogP contribution in [-0.4, -0.2) is 17.5 Å². The molecule has 1 rings (SSSR count). The first kappa shape index (κ1) is 9.50. The molecule has 0 aliphatic heterocycles. The molecule has 0 atom stereocenters. The van der Waals surface area contributed by atoms with Gasteiger partial charge in [0.1, 0.15) is 0 Å². The molecule has 1 aromatic carbocycles. The Labute approximate surface area is 76.0 Å². The van der Waals surface area contributed by atoms with Gasteiger partial charge in [0, 0.05) is 0 Å². The summed E-state index contributed by atoms with van der Waals surface area (Å²) in [7, 11) is 0. The van der Waals surface area contributed by atoms with Crippen LogP contribution in [-0.2, 0) is 0 Å². The van der Waals surface area contributed by atoms with Crippen LogP contribution in [0.3, 0.4) is 0 Å². The van der Waals surface area contributed by atoms with Crippen LogP contribution in [0.5, 0.6) is 0 Å². The Hall–Kier alpha value is -0.591. The molecule has 0 N–H and O–H groups in total. The predicted molar refractivity (Wildman–Crippen MR) is 54.1 cm³/mol. The molecule has 1 aromatic rings. The third-order valence-corrected chi connectivity index (χ3v) is 4.39. The van der Waals surface area contributed by atoms with Crippen LogP contribution in [0.2, 0.25) is 17.5 Å². The van der Waals surface area contributed by atoms with Crippen molar-refractivity contribution in [1.82, 2.24) is 0 Å². The Balaban J connectivity index is 2.94. The summed E-state index contributed by atoms with van der Waals surface area (Å²) >= 11 is -1.81. The van der Waals surface area contributed by atoms with Crippen molar-refractivity contribution in [2.75, 3.05) is 0 Å². The Kier molecular flexibility index (Phi) is 2.71. The molecule has 0 amide bonds. The summed E-state index contributed by atoms with van der Waals surface area (Å²) < 4.78 is 0.354. The number of benzene rings is 1. The SMILES string of the molecule is C[Se](C)(C)C(=O)c1ccccc1. The maximum absolute atomic E-state index is 11.7. The molecule has 0 radical (unpaired) electrons. The first-order valence-corrected chi connectivity index (χ1v) is 9.79. The first-order chi connectivity index (χ1) is 5.52. The third kappa shape index (κ3) is 2.20. The summed E-state index contributed by atoms with van der Waals surface area (Å²) in [5, 5.41) is 0. The van der Waals surface area contributed by atoms with E-state index in [0.717, 1.165) is 5.56 Å². The molecule has 0 fully saturated rings. The molecule has 2 heteroatoms. The summed E-state index contributed by atoms with van der Waals surface area (Å²) in [4.78, 5) is 11.7. The Morgan fingerprint density at radius 2 is 1.58 bits per heavy atom. The fraction of sp³-hybridized carbons (Fsp3) is 0.300. The van der Waals surface area contributed by atoms with Gasteiger partial charge in [0.2, 0.25) is 0 Å². The van der Waals surface area contributed by atoms with Gasteiger partial charge in [-0.15, -0.1) is 0 Å². The van der Waals surface area contributed by atoms with Crippen molar-refractivity contribution in [3.63, 3.8) is 0 Å². The van der Waals surface area contributed by atoms with Gasteiger partial charge in [-0.1, -0.05) is 0 Å². The molecule has 0 heterocycles. The van der Waals surface area contributed by atoms with E-state index in [1.807, 2.05) is 30.3 Å². The predicted octanol–water partition coefficient (Wildman–Crippen LogP) is 2.75. The quantitative estimate of drug-likeness (QED) is 0.712. The Morgan fingerprint density at radius 3 is 2.00 bits per heavy atom. The summed E-state index contributed by atoms with van der Waals surface area (Å²) in [6.07, 6.45) is 0. The average molecular weight is 229 g/mol. The normalized spacial score (nSPS) is 12.6. The van der Waals surface area contributed by atoms with E-state index >= 15 is 0 Å². The van der Waals surface area contributed by atoms with E-state index in [-0.39, 0.29) is 0 Å². The topological polar surface area (TPSA) is 17.1 Å². The van der Waals surface area contributed by atoms with Gasteiger partial charge in [0.05, 0.1) is 0 Å². The standard InChI is InChI=1S/C10H14OSe/c1-12(2,3)10(11)9-7-5-4-6-8-9/h4-8H,1-3H3. The molecular weight excluding hydrogens is 215 g/mol. The van der Waals surface area contributed by atoms with Gasteiger partial charge in [0.25, 0.3) is 0 Å². The van der Waals surface area contributed by atoms with Gasteiger partial charge in [-0.3, -0.25) is 0 Å². The summed E-state index contributed by atoms with van der Waals surface area (Å²) in [5.74, 6) is 6.27. The van der Waals surface area contributed by atoms with Gasteiger partial charge in [0.15, 0.2) is 0 Å². The molecule has 0 saturated heterocycles. The third-order valence-electron chi connectivity index (χ3n) is 1.57. The van der Waals surface area contributed by atoms with Crippen molar-refractivity contribution < 1.29 is 4.79 Å². The average Bonchev–Trinajstić information content (AvgIpc) is 2.03. The van der Waals surface area contributed by atoms with Gasteiger partial charge < -0.3 is 0 Å². The number of hydrogen-bond donors (Lipinski definition) is 0. The van der Waals surface area contributed by atoms with Gasteiger partial charge in [-0.05, 0) is 0 Å². The Morgan fingerprint density at radius 1 is 1.08 bits per heavy atom. The second kappa shape index (κ2) is 3.42. The van der Waals surface area contributed by atoms with Crippen molar-refractivity contribution in [2.45, 2.75) is 17.5 Å². The zero-order chi connectivity index (χ0) is 9.19. The number of carbonyl (C=O) groups is 1. The van der Waals surface area contributed by atoms with Gasteiger partial charge in [-0.2, -0.15) is 0 Å². The number of rotatable bonds is 2. The summed E-state index contributed by atoms with van der Waals surface area (Å²) in [6, 6.07) is 9.55. The van der Waals surface area contributed by atoms with Crippen LogP contribution in [0.25, 0.3) is 0 Å². The molecule has 0 saturated carbocycles. The van der Waals surface area contributed by atoms with Crippen LogP contribution < -0.4 is 0 Å². The molecule has 0 bridgehead atoms. The van der Waals surface area contributed by atoms with E-state index in [1.165, 1.54) is 0 Å². The molecule has 0 aromatic heterocycles. The van der Waals surface area contributed by atoms with Crippen LogP contribution in [0.15, 0.2) is 30.3 Å². The van der Waals surface area contributed by atoms with E-state index in [2.05, 4.69) is 17.5 Å². The molecule has 0 unspecified atom stereocenters. The Bertz CT molecular complexity index is 272. The van der Waals surface area contributed by atoms with Crippen molar-refractivity contribution >= 4 is 17.5 Å². The van der Waals surface area contributed by atoms with Crippen LogP contribution in [0, 0.1) is 0 Å². The number of hydrogen-bond acceptors (Lipinski definition) is 1. The van der Waals surface area contributed by atoms with Crippen LogP contribution in [0.4, 0.5) is 0 Å². The van der Waals surface area contributed by atoms with Gasteiger partial charge in [-0.25, -0.2) is 0 Å². The van der Waals surface area contributed by atoms with E-state index in [1.54, 1.807) is 0 Å². The van der Waals surface area contributed by atoms with Gasteiger partial charge >= 0.3 is 75.7 Å². The zero-order valence-electron chi connectivity index (χ0n) is 7.70. The molecule has 0 aliphatic carbocycles. The van der Waals surface area contributed by atoms with E-state index in [4.69, 9.17) is 0 Å². The second-order valence-electron chi connectivity index (χ2n) is 3.49. The monoisotopic (exact) mass is 230 g/mol. The fourth-order valence-corrected chi connectivity index (χ4v) is 2.70. The van der Waals surface area contributed by atoms with Crippen LogP contribution >= 0.6 is 0 Å². The van der Waals surface area contributed by atoms with Crippen molar-refractivity contribution in [2.24, 2.45) is 0 Å². The molecule has 0 aliphatic rings. The van der Waals surface area contributed by atoms with Crippen molar-refractivity contribution in [1.29, 1.82) is 0 Å². The van der Waals surface area contributed by atoms with E-state index in [0.29, 0.717) is 4.68 Å². The van der Waals surface area contributed by atoms with E-state index < -0.39 is 12.8 Å². The maximum atomic E-state index is 11.7. The van der Waals surface area contributed by atoms with E-state index in [9.17, 15) is 4.79 Å². The van der Waals surface area contributed by atoms with Crippen molar-refractivity contribution in [3.8, 4) is 0 Å². The minimum absolute atomic E-state index is 0.354. The fourth-order valence-electron chi connectivity index (χ4n) is 0.928. The molecule has 1 nitrogen and oxygen atoms in total. The molecule has 0 spiro atoms.